The molecule has 2 aromatic rings. The quantitative estimate of drug-likeness (QED) is 0.527. The lowest BCUT2D eigenvalue weighted by molar-refractivity contribution is 0.00578. The smallest absolute Gasteiger partial charge is 0.407 e. The molecule has 0 aliphatic carbocycles. The fraction of sp³-hybridized carbons (Fsp3) is 0.440. The molecule has 2 heterocycles. The van der Waals surface area contributed by atoms with Gasteiger partial charge in [-0.15, -0.1) is 0 Å². The summed E-state index contributed by atoms with van der Waals surface area (Å²) in [4.78, 5) is 21.4. The summed E-state index contributed by atoms with van der Waals surface area (Å²) in [7, 11) is -0.743. The van der Waals surface area contributed by atoms with Crippen molar-refractivity contribution in [2.45, 2.75) is 52.7 Å². The normalized spacial score (nSPS) is 20.5. The zero-order valence-corrected chi connectivity index (χ0v) is 20.3. The number of hydrogen-bond donors (Lipinski definition) is 0. The molecule has 2 fully saturated rings. The van der Waals surface area contributed by atoms with Gasteiger partial charge in [0, 0.05) is 29.8 Å². The monoisotopic (exact) mass is 450 g/mol. The zero-order chi connectivity index (χ0) is 24.3. The van der Waals surface area contributed by atoms with Crippen LogP contribution >= 0.6 is 0 Å². The van der Waals surface area contributed by atoms with Gasteiger partial charge in [0.1, 0.15) is 12.6 Å². The fourth-order valence-corrected chi connectivity index (χ4v) is 3.42. The molecule has 0 amide bonds. The molecule has 174 valence electrons. The molecule has 0 aromatic heterocycles. The first-order chi connectivity index (χ1) is 15.5. The van der Waals surface area contributed by atoms with Gasteiger partial charge in [-0.3, -0.25) is 9.59 Å². The van der Waals surface area contributed by atoms with Gasteiger partial charge in [-0.25, -0.2) is 0 Å². The largest absolute Gasteiger partial charge is 0.494 e. The Morgan fingerprint density at radius 3 is 1.55 bits per heavy atom. The minimum Gasteiger partial charge on any atom is -0.407 e. The Kier molecular flexibility index (Phi) is 7.64. The van der Waals surface area contributed by atoms with Gasteiger partial charge in [0.25, 0.3) is 0 Å². The second-order valence-corrected chi connectivity index (χ2v) is 10.3. The number of hydrogen-bond acceptors (Lipinski definition) is 6. The van der Waals surface area contributed by atoms with Crippen molar-refractivity contribution in [1.82, 2.24) is 0 Å². The molecule has 0 atom stereocenters. The highest BCUT2D eigenvalue weighted by Gasteiger charge is 2.51. The van der Waals surface area contributed by atoms with E-state index >= 15 is 0 Å². The third-order valence-corrected chi connectivity index (χ3v) is 6.14. The Morgan fingerprint density at radius 2 is 1.12 bits per heavy atom. The maximum Gasteiger partial charge on any atom is 0.494 e. The molecule has 6 nitrogen and oxygen atoms in total. The van der Waals surface area contributed by atoms with Crippen LogP contribution in [0.4, 0.5) is 0 Å². The van der Waals surface area contributed by atoms with Gasteiger partial charge in [0.2, 0.25) is 0 Å². The van der Waals surface area contributed by atoms with Crippen LogP contribution in [0.3, 0.4) is 0 Å². The third kappa shape index (κ3) is 6.21. The highest BCUT2D eigenvalue weighted by atomic mass is 16.7. The highest BCUT2D eigenvalue weighted by Crippen LogP contribution is 2.36. The first-order valence-corrected chi connectivity index (χ1v) is 11.2. The summed E-state index contributed by atoms with van der Waals surface area (Å²) in [5, 5.41) is 0. The minimum atomic E-state index is -0.403. The summed E-state index contributed by atoms with van der Waals surface area (Å²) in [6, 6.07) is 14.6. The van der Waals surface area contributed by atoms with Gasteiger partial charge in [-0.2, -0.15) is 0 Å². The van der Waals surface area contributed by atoms with E-state index in [1.807, 2.05) is 52.0 Å². The van der Waals surface area contributed by atoms with Crippen LogP contribution < -0.4 is 10.9 Å². The van der Waals surface area contributed by atoms with Crippen LogP contribution in [0.5, 0.6) is 0 Å². The van der Waals surface area contributed by atoms with E-state index in [4.69, 9.17) is 18.6 Å². The van der Waals surface area contributed by atoms with E-state index < -0.39 is 7.12 Å². The highest BCUT2D eigenvalue weighted by molar-refractivity contribution is 6.62. The average Bonchev–Trinajstić information content (AvgIpc) is 3.01. The van der Waals surface area contributed by atoms with Gasteiger partial charge in [0.05, 0.1) is 11.2 Å². The summed E-state index contributed by atoms with van der Waals surface area (Å²) in [6.07, 6.45) is 1.66. The second-order valence-electron chi connectivity index (χ2n) is 10.3. The number of carbonyl (C=O) groups excluding carboxylic acids is 2. The van der Waals surface area contributed by atoms with Crippen molar-refractivity contribution in [3.63, 3.8) is 0 Å². The molecule has 2 aliphatic rings. The van der Waals surface area contributed by atoms with Crippen molar-refractivity contribution >= 4 is 37.7 Å². The zero-order valence-electron chi connectivity index (χ0n) is 20.3. The SMILES string of the molecule is CC1(C)COB(c2cccc(C=O)c2)OC1.CC1(C)OB(c2cccc(C=O)c2)OC1(C)C. The molecule has 2 saturated heterocycles. The maximum absolute atomic E-state index is 10.7. The summed E-state index contributed by atoms with van der Waals surface area (Å²) in [5.74, 6) is 0. The number of carbonyl (C=O) groups is 2. The molecule has 4 rings (SSSR count). The second kappa shape index (κ2) is 9.94. The fourth-order valence-electron chi connectivity index (χ4n) is 3.42. The first kappa shape index (κ1) is 25.4. The predicted molar refractivity (Wildman–Crippen MR) is 130 cm³/mol. The van der Waals surface area contributed by atoms with Crippen molar-refractivity contribution in [3.8, 4) is 0 Å². The van der Waals surface area contributed by atoms with Crippen LogP contribution in [-0.2, 0) is 18.6 Å². The van der Waals surface area contributed by atoms with E-state index in [2.05, 4.69) is 13.8 Å². The van der Waals surface area contributed by atoms with E-state index in [1.165, 1.54) is 0 Å². The molecule has 0 N–H and O–H groups in total. The molecular weight excluding hydrogens is 418 g/mol. The van der Waals surface area contributed by atoms with Crippen molar-refractivity contribution in [2.75, 3.05) is 13.2 Å². The Morgan fingerprint density at radius 1 is 0.697 bits per heavy atom. The standard InChI is InChI=1S/C13H17BO3.C12H15BO3/c1-12(2)13(3,4)17-14(16-12)11-7-5-6-10(8-11)9-15;1-12(2)8-15-13(16-9-12)11-5-3-4-10(6-11)7-14/h5-9H,1-4H3;3-7H,8-9H2,1-2H3. The number of benzene rings is 2. The average molecular weight is 450 g/mol. The molecule has 0 saturated carbocycles. The van der Waals surface area contributed by atoms with E-state index in [9.17, 15) is 9.59 Å². The Bertz CT molecular complexity index is 962. The third-order valence-electron chi connectivity index (χ3n) is 6.14. The molecule has 2 aliphatic heterocycles. The molecular formula is C25H32B2O6. The van der Waals surface area contributed by atoms with E-state index in [1.54, 1.807) is 24.3 Å². The van der Waals surface area contributed by atoms with Crippen LogP contribution in [0.2, 0.25) is 0 Å². The number of aldehydes is 2. The lowest BCUT2D eigenvalue weighted by atomic mass is 9.75. The van der Waals surface area contributed by atoms with E-state index in [-0.39, 0.29) is 23.7 Å². The van der Waals surface area contributed by atoms with Gasteiger partial charge in [0.15, 0.2) is 0 Å². The van der Waals surface area contributed by atoms with E-state index in [0.29, 0.717) is 24.3 Å². The van der Waals surface area contributed by atoms with Gasteiger partial charge in [-0.05, 0) is 38.6 Å². The Labute approximate surface area is 197 Å². The lowest BCUT2D eigenvalue weighted by Crippen LogP contribution is -2.47. The van der Waals surface area contributed by atoms with Crippen LogP contribution in [0.1, 0.15) is 62.3 Å². The molecule has 0 bridgehead atoms. The van der Waals surface area contributed by atoms with Crippen LogP contribution in [0, 0.1) is 5.41 Å². The van der Waals surface area contributed by atoms with Crippen molar-refractivity contribution in [3.05, 3.63) is 59.7 Å². The molecule has 0 spiro atoms. The van der Waals surface area contributed by atoms with Gasteiger partial charge >= 0.3 is 14.2 Å². The molecule has 33 heavy (non-hydrogen) atoms. The Balaban J connectivity index is 0.000000186. The topological polar surface area (TPSA) is 71.1 Å². The summed E-state index contributed by atoms with van der Waals surface area (Å²) in [6.45, 7) is 13.6. The molecule has 8 heteroatoms. The van der Waals surface area contributed by atoms with E-state index in [0.717, 1.165) is 23.5 Å². The number of rotatable bonds is 4. The predicted octanol–water partition coefficient (Wildman–Crippen LogP) is 3.07. The van der Waals surface area contributed by atoms with Crippen LogP contribution in [0.25, 0.3) is 0 Å². The van der Waals surface area contributed by atoms with Gasteiger partial charge in [-0.1, -0.05) is 62.4 Å². The van der Waals surface area contributed by atoms with Crippen molar-refractivity contribution in [2.24, 2.45) is 5.41 Å². The van der Waals surface area contributed by atoms with Crippen LogP contribution in [-0.4, -0.2) is 51.2 Å². The minimum absolute atomic E-state index is 0.0682. The first-order valence-electron chi connectivity index (χ1n) is 11.2. The molecule has 0 unspecified atom stereocenters. The Hall–Kier alpha value is -2.25. The summed E-state index contributed by atoms with van der Waals surface area (Å²) >= 11 is 0. The maximum atomic E-state index is 10.7. The van der Waals surface area contributed by atoms with Gasteiger partial charge < -0.3 is 18.6 Å². The van der Waals surface area contributed by atoms with Crippen LogP contribution in [0.15, 0.2) is 48.5 Å². The van der Waals surface area contributed by atoms with Crippen molar-refractivity contribution < 1.29 is 28.2 Å². The lowest BCUT2D eigenvalue weighted by Gasteiger charge is -2.33. The summed E-state index contributed by atoms with van der Waals surface area (Å²) < 4.78 is 23.1. The van der Waals surface area contributed by atoms with Crippen molar-refractivity contribution in [1.29, 1.82) is 0 Å². The summed E-state index contributed by atoms with van der Waals surface area (Å²) in [5.41, 5.74) is 2.43. The molecule has 2 aromatic carbocycles. The molecule has 0 radical (unpaired) electrons.